The van der Waals surface area contributed by atoms with E-state index in [-0.39, 0.29) is 5.60 Å². The Labute approximate surface area is 88.2 Å². The summed E-state index contributed by atoms with van der Waals surface area (Å²) in [7, 11) is 1.77. The lowest BCUT2D eigenvalue weighted by molar-refractivity contribution is -0.0839. The van der Waals surface area contributed by atoms with Gasteiger partial charge in [0, 0.05) is 7.11 Å². The molecule has 0 amide bonds. The first kappa shape index (κ1) is 9.93. The van der Waals surface area contributed by atoms with Gasteiger partial charge in [-0.15, -0.1) is 21.8 Å². The molecule has 1 aromatic heterocycles. The highest BCUT2D eigenvalue weighted by Crippen LogP contribution is 2.36. The van der Waals surface area contributed by atoms with Crippen molar-refractivity contribution in [1.82, 2.24) is 14.8 Å². The van der Waals surface area contributed by atoms with E-state index in [4.69, 9.17) is 16.3 Å². The average Bonchev–Trinajstić information content (AvgIpc) is 2.58. The second kappa shape index (κ2) is 3.87. The standard InChI is InChI=1S/C9H14ClN3O/c1-14-9(3-2-4-9)6-13-7-11-12-8(13)5-10/h7H,2-6H2,1H3. The van der Waals surface area contributed by atoms with Crippen LogP contribution in [0.15, 0.2) is 6.33 Å². The van der Waals surface area contributed by atoms with Gasteiger partial charge in [-0.2, -0.15) is 0 Å². The van der Waals surface area contributed by atoms with E-state index < -0.39 is 0 Å². The van der Waals surface area contributed by atoms with Crippen molar-refractivity contribution in [3.63, 3.8) is 0 Å². The van der Waals surface area contributed by atoms with Gasteiger partial charge in [0.25, 0.3) is 0 Å². The third-order valence-corrected chi connectivity index (χ3v) is 3.21. The monoisotopic (exact) mass is 215 g/mol. The summed E-state index contributed by atoms with van der Waals surface area (Å²) in [6.07, 6.45) is 5.19. The fraction of sp³-hybridized carbons (Fsp3) is 0.778. The van der Waals surface area contributed by atoms with Crippen molar-refractivity contribution in [2.45, 2.75) is 37.3 Å². The number of hydrogen-bond acceptors (Lipinski definition) is 3. The first-order valence-electron chi connectivity index (χ1n) is 4.77. The summed E-state index contributed by atoms with van der Waals surface area (Å²) in [5, 5.41) is 7.78. The maximum Gasteiger partial charge on any atom is 0.147 e. The highest BCUT2D eigenvalue weighted by molar-refractivity contribution is 6.16. The molecule has 78 valence electrons. The maximum atomic E-state index is 5.74. The van der Waals surface area contributed by atoms with Crippen molar-refractivity contribution < 1.29 is 4.74 Å². The minimum absolute atomic E-state index is 0.00316. The van der Waals surface area contributed by atoms with E-state index in [0.29, 0.717) is 5.88 Å². The lowest BCUT2D eigenvalue weighted by Gasteiger charge is -2.40. The summed E-state index contributed by atoms with van der Waals surface area (Å²) >= 11 is 5.74. The van der Waals surface area contributed by atoms with Crippen LogP contribution < -0.4 is 0 Å². The molecule has 1 aromatic rings. The minimum Gasteiger partial charge on any atom is -0.376 e. The first-order chi connectivity index (χ1) is 6.79. The Morgan fingerprint density at radius 3 is 2.93 bits per heavy atom. The van der Waals surface area contributed by atoms with Crippen molar-refractivity contribution in [1.29, 1.82) is 0 Å². The normalized spacial score (nSPS) is 19.3. The number of ether oxygens (including phenoxy) is 1. The zero-order chi connectivity index (χ0) is 10.0. The predicted molar refractivity (Wildman–Crippen MR) is 53.2 cm³/mol. The van der Waals surface area contributed by atoms with Crippen LogP contribution in [-0.4, -0.2) is 27.5 Å². The van der Waals surface area contributed by atoms with E-state index in [1.165, 1.54) is 6.42 Å². The van der Waals surface area contributed by atoms with Gasteiger partial charge < -0.3 is 9.30 Å². The van der Waals surface area contributed by atoms with Gasteiger partial charge in [0.2, 0.25) is 0 Å². The summed E-state index contributed by atoms with van der Waals surface area (Å²) < 4.78 is 7.51. The summed E-state index contributed by atoms with van der Waals surface area (Å²) in [5.41, 5.74) is 0.00316. The SMILES string of the molecule is COC1(Cn2cnnc2CCl)CCC1. The maximum absolute atomic E-state index is 5.74. The average molecular weight is 216 g/mol. The van der Waals surface area contributed by atoms with Crippen molar-refractivity contribution in [3.05, 3.63) is 12.2 Å². The van der Waals surface area contributed by atoms with Crippen molar-refractivity contribution >= 4 is 11.6 Å². The third-order valence-electron chi connectivity index (χ3n) is 2.97. The summed E-state index contributed by atoms with van der Waals surface area (Å²) in [6.45, 7) is 0.818. The van der Waals surface area contributed by atoms with E-state index in [1.807, 2.05) is 4.57 Å². The Morgan fingerprint density at radius 1 is 1.64 bits per heavy atom. The fourth-order valence-corrected chi connectivity index (χ4v) is 2.03. The molecule has 2 rings (SSSR count). The molecule has 0 bridgehead atoms. The van der Waals surface area contributed by atoms with Crippen molar-refractivity contribution in [2.24, 2.45) is 0 Å². The summed E-state index contributed by atoms with van der Waals surface area (Å²) in [6, 6.07) is 0. The number of halogens is 1. The van der Waals surface area contributed by atoms with Crippen molar-refractivity contribution in [3.8, 4) is 0 Å². The van der Waals surface area contributed by atoms with E-state index in [9.17, 15) is 0 Å². The molecule has 1 aliphatic carbocycles. The molecule has 1 heterocycles. The van der Waals surface area contributed by atoms with Gasteiger partial charge in [-0.1, -0.05) is 0 Å². The molecule has 4 nitrogen and oxygen atoms in total. The third kappa shape index (κ3) is 1.64. The molecule has 0 radical (unpaired) electrons. The molecule has 1 aliphatic rings. The molecule has 5 heteroatoms. The Kier molecular flexibility index (Phi) is 2.74. The van der Waals surface area contributed by atoms with Crippen LogP contribution in [0.3, 0.4) is 0 Å². The summed E-state index contributed by atoms with van der Waals surface area (Å²) in [5.74, 6) is 1.22. The second-order valence-corrected chi connectivity index (χ2v) is 4.02. The molecule has 1 fully saturated rings. The Hall–Kier alpha value is -0.610. The van der Waals surface area contributed by atoms with E-state index in [0.717, 1.165) is 25.2 Å². The lowest BCUT2D eigenvalue weighted by Crippen LogP contribution is -2.43. The van der Waals surface area contributed by atoms with Crippen LogP contribution in [0, 0.1) is 0 Å². The fourth-order valence-electron chi connectivity index (χ4n) is 1.82. The zero-order valence-corrected chi connectivity index (χ0v) is 9.00. The molecule has 0 N–H and O–H groups in total. The van der Waals surface area contributed by atoms with Crippen molar-refractivity contribution in [2.75, 3.05) is 7.11 Å². The van der Waals surface area contributed by atoms with Crippen LogP contribution >= 0.6 is 11.6 Å². The Morgan fingerprint density at radius 2 is 2.43 bits per heavy atom. The highest BCUT2D eigenvalue weighted by Gasteiger charge is 2.37. The predicted octanol–water partition coefficient (Wildman–Crippen LogP) is 1.59. The van der Waals surface area contributed by atoms with Gasteiger partial charge in [0.15, 0.2) is 0 Å². The van der Waals surface area contributed by atoms with Crippen LogP contribution in [0.5, 0.6) is 0 Å². The molecular formula is C9H14ClN3O. The molecule has 0 atom stereocenters. The topological polar surface area (TPSA) is 39.9 Å². The van der Waals surface area contributed by atoms with Crippen LogP contribution in [0.1, 0.15) is 25.1 Å². The minimum atomic E-state index is 0.00316. The van der Waals surface area contributed by atoms with Gasteiger partial charge in [-0.3, -0.25) is 0 Å². The summed E-state index contributed by atoms with van der Waals surface area (Å²) in [4.78, 5) is 0. The van der Waals surface area contributed by atoms with Gasteiger partial charge in [-0.05, 0) is 19.3 Å². The molecule has 0 aromatic carbocycles. The van der Waals surface area contributed by atoms with Gasteiger partial charge in [-0.25, -0.2) is 0 Å². The number of methoxy groups -OCH3 is 1. The van der Waals surface area contributed by atoms with E-state index in [1.54, 1.807) is 13.4 Å². The second-order valence-electron chi connectivity index (χ2n) is 3.75. The quantitative estimate of drug-likeness (QED) is 0.717. The first-order valence-corrected chi connectivity index (χ1v) is 5.31. The van der Waals surface area contributed by atoms with Gasteiger partial charge in [0.05, 0.1) is 18.0 Å². The van der Waals surface area contributed by atoms with E-state index in [2.05, 4.69) is 10.2 Å². The molecule has 14 heavy (non-hydrogen) atoms. The van der Waals surface area contributed by atoms with Crippen LogP contribution in [0.4, 0.5) is 0 Å². The molecule has 0 unspecified atom stereocenters. The molecule has 0 spiro atoms. The van der Waals surface area contributed by atoms with Crippen LogP contribution in [-0.2, 0) is 17.2 Å². The molecule has 0 saturated heterocycles. The Bertz CT molecular complexity index is 303. The zero-order valence-electron chi connectivity index (χ0n) is 8.24. The number of aromatic nitrogens is 3. The van der Waals surface area contributed by atoms with Crippen LogP contribution in [0.2, 0.25) is 0 Å². The van der Waals surface area contributed by atoms with Crippen LogP contribution in [0.25, 0.3) is 0 Å². The number of alkyl halides is 1. The Balaban J connectivity index is 2.09. The number of nitrogens with zero attached hydrogens (tertiary/aromatic N) is 3. The molecule has 1 saturated carbocycles. The lowest BCUT2D eigenvalue weighted by atomic mass is 9.80. The smallest absolute Gasteiger partial charge is 0.147 e. The van der Waals surface area contributed by atoms with E-state index >= 15 is 0 Å². The largest absolute Gasteiger partial charge is 0.376 e. The number of rotatable bonds is 4. The highest BCUT2D eigenvalue weighted by atomic mass is 35.5. The molecular weight excluding hydrogens is 202 g/mol. The molecule has 0 aliphatic heterocycles. The van der Waals surface area contributed by atoms with Gasteiger partial charge in [0.1, 0.15) is 12.2 Å². The number of hydrogen-bond donors (Lipinski definition) is 0. The van der Waals surface area contributed by atoms with Gasteiger partial charge >= 0.3 is 0 Å².